The molecule has 0 aliphatic carbocycles. The summed E-state index contributed by atoms with van der Waals surface area (Å²) < 4.78 is 0. The zero-order valence-corrected chi connectivity index (χ0v) is 11.9. The summed E-state index contributed by atoms with van der Waals surface area (Å²) in [7, 11) is 0. The van der Waals surface area contributed by atoms with Crippen LogP contribution >= 0.6 is 0 Å². The monoisotopic (exact) mass is 271 g/mol. The van der Waals surface area contributed by atoms with Gasteiger partial charge in [-0.2, -0.15) is 0 Å². The molecule has 106 valence electrons. The number of rotatable bonds is 3. The zero-order valence-electron chi connectivity index (χ0n) is 11.9. The van der Waals surface area contributed by atoms with Gasteiger partial charge < -0.3 is 10.6 Å². The Morgan fingerprint density at radius 3 is 2.80 bits per heavy atom. The van der Waals surface area contributed by atoms with Crippen molar-refractivity contribution >= 4 is 17.0 Å². The van der Waals surface area contributed by atoms with Crippen molar-refractivity contribution in [2.75, 3.05) is 18.0 Å². The number of nitrogens with two attached hydrogens (primary N) is 1. The minimum Gasteiger partial charge on any atom is -0.335 e. The minimum atomic E-state index is 0.330. The molecule has 2 aromatic rings. The molecule has 1 aromatic carbocycles. The summed E-state index contributed by atoms with van der Waals surface area (Å²) in [4.78, 5) is 6.87. The van der Waals surface area contributed by atoms with E-state index in [0.717, 1.165) is 29.9 Å². The van der Waals surface area contributed by atoms with Crippen molar-refractivity contribution < 1.29 is 0 Å². The smallest absolute Gasteiger partial charge is 0.246 e. The van der Waals surface area contributed by atoms with E-state index >= 15 is 0 Å². The number of fused-ring (bicyclic) bond motifs is 1. The first-order chi connectivity index (χ1) is 9.81. The van der Waals surface area contributed by atoms with Crippen LogP contribution in [0.2, 0.25) is 0 Å². The Kier molecular flexibility index (Phi) is 3.78. The van der Waals surface area contributed by atoms with E-state index in [1.807, 2.05) is 24.3 Å². The Labute approximate surface area is 119 Å². The highest BCUT2D eigenvalue weighted by Gasteiger charge is 2.28. The van der Waals surface area contributed by atoms with Gasteiger partial charge in [0, 0.05) is 19.1 Å². The highest BCUT2D eigenvalue weighted by atomic mass is 15.3. The molecule has 1 saturated heterocycles. The van der Waals surface area contributed by atoms with Gasteiger partial charge in [-0.05, 0) is 30.9 Å². The van der Waals surface area contributed by atoms with Gasteiger partial charge in [0.25, 0.3) is 0 Å². The van der Waals surface area contributed by atoms with Crippen molar-refractivity contribution in [2.45, 2.75) is 32.2 Å². The lowest BCUT2D eigenvalue weighted by atomic mass is 9.89. The lowest BCUT2D eigenvalue weighted by Gasteiger charge is -2.38. The maximum Gasteiger partial charge on any atom is 0.246 e. The highest BCUT2D eigenvalue weighted by molar-refractivity contribution is 5.74. The van der Waals surface area contributed by atoms with E-state index in [9.17, 15) is 0 Å². The Bertz CT molecular complexity index is 585. The molecule has 0 radical (unpaired) electrons. The Morgan fingerprint density at radius 2 is 2.05 bits per heavy atom. The number of piperidine rings is 1. The first-order valence-electron chi connectivity index (χ1n) is 7.38. The van der Waals surface area contributed by atoms with Crippen molar-refractivity contribution in [3.8, 4) is 0 Å². The molecule has 0 amide bonds. The fraction of sp³-hybridized carbons (Fsp3) is 0.533. The highest BCUT2D eigenvalue weighted by Crippen LogP contribution is 2.27. The molecule has 1 aliphatic rings. The average Bonchev–Trinajstić information content (AvgIpc) is 2.53. The van der Waals surface area contributed by atoms with Crippen LogP contribution in [0.15, 0.2) is 24.3 Å². The molecule has 2 unspecified atom stereocenters. The van der Waals surface area contributed by atoms with Crippen molar-refractivity contribution in [3.63, 3.8) is 0 Å². The number of anilines is 1. The molecule has 2 heterocycles. The van der Waals surface area contributed by atoms with E-state index in [4.69, 9.17) is 5.73 Å². The number of benzene rings is 1. The molecule has 1 fully saturated rings. The standard InChI is InChI=1S/C15H21N5/c1-2-11-7-8-20(12(9-11)10-16)15-17-13-5-3-4-6-14(13)18-19-15/h3-6,11-12H,2,7-10,16H2,1H3. The van der Waals surface area contributed by atoms with Crippen LogP contribution in [0, 0.1) is 5.92 Å². The molecule has 1 aromatic heterocycles. The van der Waals surface area contributed by atoms with E-state index in [2.05, 4.69) is 27.0 Å². The number of hydrogen-bond acceptors (Lipinski definition) is 5. The first kappa shape index (κ1) is 13.2. The van der Waals surface area contributed by atoms with Gasteiger partial charge in [-0.15, -0.1) is 10.2 Å². The third-order valence-corrected chi connectivity index (χ3v) is 4.28. The molecule has 0 spiro atoms. The quantitative estimate of drug-likeness (QED) is 0.924. The van der Waals surface area contributed by atoms with Gasteiger partial charge in [0.2, 0.25) is 5.95 Å². The third-order valence-electron chi connectivity index (χ3n) is 4.28. The molecular weight excluding hydrogens is 250 g/mol. The molecule has 3 rings (SSSR count). The minimum absolute atomic E-state index is 0.330. The maximum absolute atomic E-state index is 5.94. The average molecular weight is 271 g/mol. The molecule has 20 heavy (non-hydrogen) atoms. The molecule has 1 aliphatic heterocycles. The van der Waals surface area contributed by atoms with Crippen LogP contribution in [0.4, 0.5) is 5.95 Å². The number of para-hydroxylation sites is 1. The van der Waals surface area contributed by atoms with Gasteiger partial charge in [0.05, 0.1) is 5.52 Å². The predicted octanol–water partition coefficient (Wildman–Crippen LogP) is 1.98. The van der Waals surface area contributed by atoms with Crippen molar-refractivity contribution in [2.24, 2.45) is 11.7 Å². The van der Waals surface area contributed by atoms with Crippen LogP contribution in [-0.2, 0) is 0 Å². The molecule has 0 saturated carbocycles. The molecule has 2 N–H and O–H groups in total. The topological polar surface area (TPSA) is 67.9 Å². The van der Waals surface area contributed by atoms with E-state index in [-0.39, 0.29) is 0 Å². The van der Waals surface area contributed by atoms with Gasteiger partial charge in [-0.1, -0.05) is 25.5 Å². The molecule has 2 atom stereocenters. The van der Waals surface area contributed by atoms with Gasteiger partial charge >= 0.3 is 0 Å². The normalized spacial score (nSPS) is 23.2. The SMILES string of the molecule is CCC1CCN(c2nnc3ccccc3n2)C(CN)C1. The van der Waals surface area contributed by atoms with Gasteiger partial charge in [-0.3, -0.25) is 0 Å². The van der Waals surface area contributed by atoms with Crippen molar-refractivity contribution in [3.05, 3.63) is 24.3 Å². The fourth-order valence-corrected chi connectivity index (χ4v) is 2.99. The summed E-state index contributed by atoms with van der Waals surface area (Å²) in [6.07, 6.45) is 3.54. The maximum atomic E-state index is 5.94. The van der Waals surface area contributed by atoms with Crippen LogP contribution < -0.4 is 10.6 Å². The van der Waals surface area contributed by atoms with E-state index < -0.39 is 0 Å². The first-order valence-corrected chi connectivity index (χ1v) is 7.38. The summed E-state index contributed by atoms with van der Waals surface area (Å²) in [5.41, 5.74) is 7.67. The summed E-state index contributed by atoms with van der Waals surface area (Å²) in [6.45, 7) is 3.87. The van der Waals surface area contributed by atoms with Gasteiger partial charge in [0.15, 0.2) is 0 Å². The van der Waals surface area contributed by atoms with Crippen LogP contribution in [0.3, 0.4) is 0 Å². The molecular formula is C15H21N5. The van der Waals surface area contributed by atoms with E-state index in [1.54, 1.807) is 0 Å². The predicted molar refractivity (Wildman–Crippen MR) is 80.5 cm³/mol. The summed E-state index contributed by atoms with van der Waals surface area (Å²) in [5, 5.41) is 8.56. The van der Waals surface area contributed by atoms with Crippen molar-refractivity contribution in [1.29, 1.82) is 0 Å². The van der Waals surface area contributed by atoms with Crippen LogP contribution in [0.25, 0.3) is 11.0 Å². The Balaban J connectivity index is 1.89. The van der Waals surface area contributed by atoms with Gasteiger partial charge in [-0.25, -0.2) is 4.98 Å². The second kappa shape index (κ2) is 5.71. The summed E-state index contributed by atoms with van der Waals surface area (Å²) in [5.74, 6) is 1.49. The van der Waals surface area contributed by atoms with Crippen LogP contribution in [0.1, 0.15) is 26.2 Å². The number of nitrogens with zero attached hydrogens (tertiary/aromatic N) is 4. The zero-order chi connectivity index (χ0) is 13.9. The molecule has 0 bridgehead atoms. The Hall–Kier alpha value is -1.75. The molecule has 5 nitrogen and oxygen atoms in total. The third kappa shape index (κ3) is 2.45. The lowest BCUT2D eigenvalue weighted by molar-refractivity contribution is 0.332. The Morgan fingerprint density at radius 1 is 1.25 bits per heavy atom. The second-order valence-electron chi connectivity index (χ2n) is 5.48. The van der Waals surface area contributed by atoms with E-state index in [1.165, 1.54) is 12.8 Å². The summed E-state index contributed by atoms with van der Waals surface area (Å²) >= 11 is 0. The second-order valence-corrected chi connectivity index (χ2v) is 5.48. The number of aromatic nitrogens is 3. The number of hydrogen-bond donors (Lipinski definition) is 1. The van der Waals surface area contributed by atoms with Crippen LogP contribution in [0.5, 0.6) is 0 Å². The fourth-order valence-electron chi connectivity index (χ4n) is 2.99. The molecule has 5 heteroatoms. The van der Waals surface area contributed by atoms with Crippen LogP contribution in [-0.4, -0.2) is 34.3 Å². The largest absolute Gasteiger partial charge is 0.335 e. The lowest BCUT2D eigenvalue weighted by Crippen LogP contribution is -2.47. The van der Waals surface area contributed by atoms with E-state index in [0.29, 0.717) is 18.5 Å². The summed E-state index contributed by atoms with van der Waals surface area (Å²) in [6, 6.07) is 8.17. The van der Waals surface area contributed by atoms with Crippen molar-refractivity contribution in [1.82, 2.24) is 15.2 Å². The van der Waals surface area contributed by atoms with Gasteiger partial charge in [0.1, 0.15) is 5.52 Å².